The lowest BCUT2D eigenvalue weighted by atomic mass is 9.89. The van der Waals surface area contributed by atoms with Gasteiger partial charge in [0, 0.05) is 12.1 Å². The minimum atomic E-state index is -0.302. The third kappa shape index (κ3) is 1.77. The van der Waals surface area contributed by atoms with E-state index in [2.05, 4.69) is 17.1 Å². The molecule has 0 saturated carbocycles. The fourth-order valence-electron chi connectivity index (χ4n) is 4.17. The molecule has 3 fully saturated rings. The van der Waals surface area contributed by atoms with E-state index < -0.39 is 0 Å². The number of amides is 1. The summed E-state index contributed by atoms with van der Waals surface area (Å²) in [5.74, 6) is 0.307. The number of hydrogen-bond acceptors (Lipinski definition) is 3. The van der Waals surface area contributed by atoms with E-state index in [4.69, 9.17) is 0 Å². The van der Waals surface area contributed by atoms with Crippen LogP contribution in [0.15, 0.2) is 0 Å². The number of fused-ring (bicyclic) bond motifs is 2. The van der Waals surface area contributed by atoms with E-state index >= 15 is 0 Å². The van der Waals surface area contributed by atoms with E-state index in [1.54, 1.807) is 0 Å². The number of aliphatic hydroxyl groups is 1. The molecule has 3 atom stereocenters. The Bertz CT molecular complexity index is 325. The summed E-state index contributed by atoms with van der Waals surface area (Å²) >= 11 is 0. The molecule has 3 aliphatic rings. The van der Waals surface area contributed by atoms with Gasteiger partial charge in [0.1, 0.15) is 0 Å². The van der Waals surface area contributed by atoms with Gasteiger partial charge in [-0.15, -0.1) is 0 Å². The van der Waals surface area contributed by atoms with Crippen molar-refractivity contribution in [2.75, 3.05) is 6.54 Å². The monoisotopic (exact) mass is 252 g/mol. The molecule has 0 aliphatic carbocycles. The number of carbonyl (C=O) groups is 1. The highest BCUT2D eigenvalue weighted by Gasteiger charge is 2.49. The lowest BCUT2D eigenvalue weighted by Crippen LogP contribution is -2.59. The van der Waals surface area contributed by atoms with Crippen LogP contribution in [0.1, 0.15) is 51.9 Å². The SMILES string of the molecule is CCC1(C(=O)N2C3CCC2CC(O)C3)CCCN1. The number of hydrogen-bond donors (Lipinski definition) is 2. The Morgan fingerprint density at radius 1 is 1.39 bits per heavy atom. The highest BCUT2D eigenvalue weighted by molar-refractivity contribution is 5.87. The summed E-state index contributed by atoms with van der Waals surface area (Å²) in [6.07, 6.45) is 6.47. The average molecular weight is 252 g/mol. The fraction of sp³-hybridized carbons (Fsp3) is 0.929. The maximum absolute atomic E-state index is 12.9. The number of nitrogens with one attached hydrogen (secondary N) is 1. The van der Waals surface area contributed by atoms with E-state index in [-0.39, 0.29) is 23.7 Å². The quantitative estimate of drug-likeness (QED) is 0.772. The van der Waals surface area contributed by atoms with Crippen molar-refractivity contribution < 1.29 is 9.90 Å². The number of nitrogens with zero attached hydrogens (tertiary/aromatic N) is 1. The van der Waals surface area contributed by atoms with Crippen LogP contribution in [0.3, 0.4) is 0 Å². The summed E-state index contributed by atoms with van der Waals surface area (Å²) in [5.41, 5.74) is -0.302. The van der Waals surface area contributed by atoms with Gasteiger partial charge >= 0.3 is 0 Å². The van der Waals surface area contributed by atoms with Crippen molar-refractivity contribution in [3.63, 3.8) is 0 Å². The molecule has 3 saturated heterocycles. The van der Waals surface area contributed by atoms with Crippen LogP contribution in [0.2, 0.25) is 0 Å². The molecule has 3 aliphatic heterocycles. The van der Waals surface area contributed by atoms with Gasteiger partial charge in [0.25, 0.3) is 0 Å². The zero-order valence-electron chi connectivity index (χ0n) is 11.2. The van der Waals surface area contributed by atoms with Crippen molar-refractivity contribution in [1.82, 2.24) is 10.2 Å². The van der Waals surface area contributed by atoms with Crippen molar-refractivity contribution in [2.24, 2.45) is 0 Å². The van der Waals surface area contributed by atoms with Crippen molar-refractivity contribution in [2.45, 2.75) is 75.6 Å². The Hall–Kier alpha value is -0.610. The third-order valence-corrected chi connectivity index (χ3v) is 5.20. The second-order valence-corrected chi connectivity index (χ2v) is 6.19. The maximum atomic E-state index is 12.9. The van der Waals surface area contributed by atoms with E-state index in [0.29, 0.717) is 5.91 Å². The van der Waals surface area contributed by atoms with Gasteiger partial charge in [0.05, 0.1) is 11.6 Å². The van der Waals surface area contributed by atoms with E-state index in [0.717, 1.165) is 51.5 Å². The predicted octanol–water partition coefficient (Wildman–Crippen LogP) is 1.03. The lowest BCUT2D eigenvalue weighted by molar-refractivity contribution is -0.144. The molecule has 0 aromatic rings. The second kappa shape index (κ2) is 4.49. The van der Waals surface area contributed by atoms with Crippen molar-refractivity contribution in [3.8, 4) is 0 Å². The Morgan fingerprint density at radius 3 is 2.56 bits per heavy atom. The van der Waals surface area contributed by atoms with E-state index in [1.807, 2.05) is 0 Å². The summed E-state index contributed by atoms with van der Waals surface area (Å²) in [4.78, 5) is 15.0. The van der Waals surface area contributed by atoms with Crippen LogP contribution in [-0.4, -0.2) is 46.2 Å². The van der Waals surface area contributed by atoms with E-state index in [1.165, 1.54) is 0 Å². The zero-order chi connectivity index (χ0) is 12.8. The first kappa shape index (κ1) is 12.4. The summed E-state index contributed by atoms with van der Waals surface area (Å²) in [6.45, 7) is 3.07. The van der Waals surface area contributed by atoms with Crippen LogP contribution in [-0.2, 0) is 4.79 Å². The summed E-state index contributed by atoms with van der Waals surface area (Å²) in [7, 11) is 0. The van der Waals surface area contributed by atoms with Gasteiger partial charge in [-0.2, -0.15) is 0 Å². The molecule has 2 bridgehead atoms. The largest absolute Gasteiger partial charge is 0.393 e. The minimum Gasteiger partial charge on any atom is -0.393 e. The predicted molar refractivity (Wildman–Crippen MR) is 69.2 cm³/mol. The topological polar surface area (TPSA) is 52.6 Å². The third-order valence-electron chi connectivity index (χ3n) is 5.20. The highest BCUT2D eigenvalue weighted by Crippen LogP contribution is 2.39. The lowest BCUT2D eigenvalue weighted by Gasteiger charge is -2.42. The first-order valence-electron chi connectivity index (χ1n) is 7.42. The van der Waals surface area contributed by atoms with Gasteiger partial charge in [-0.05, 0) is 51.5 Å². The van der Waals surface area contributed by atoms with Crippen molar-refractivity contribution >= 4 is 5.91 Å². The molecular formula is C14H24N2O2. The van der Waals surface area contributed by atoms with Crippen LogP contribution < -0.4 is 5.32 Å². The first-order valence-corrected chi connectivity index (χ1v) is 7.42. The van der Waals surface area contributed by atoms with Gasteiger partial charge in [-0.1, -0.05) is 6.92 Å². The molecule has 0 aromatic carbocycles. The van der Waals surface area contributed by atoms with Crippen LogP contribution >= 0.6 is 0 Å². The van der Waals surface area contributed by atoms with Gasteiger partial charge in [-0.25, -0.2) is 0 Å². The number of rotatable bonds is 2. The minimum absolute atomic E-state index is 0.194. The standard InChI is InChI=1S/C14H24N2O2/c1-2-14(6-3-7-15-14)13(18)16-10-4-5-11(16)9-12(17)8-10/h10-12,15,17H,2-9H2,1H3. The summed E-state index contributed by atoms with van der Waals surface area (Å²) in [5, 5.41) is 13.3. The van der Waals surface area contributed by atoms with Gasteiger partial charge in [-0.3, -0.25) is 4.79 Å². The highest BCUT2D eigenvalue weighted by atomic mass is 16.3. The molecule has 3 unspecified atom stereocenters. The Kier molecular flexibility index (Phi) is 3.10. The van der Waals surface area contributed by atoms with Crippen LogP contribution in [0.4, 0.5) is 0 Å². The number of aliphatic hydroxyl groups excluding tert-OH is 1. The average Bonchev–Trinajstić information content (AvgIpc) is 2.93. The molecule has 0 radical (unpaired) electrons. The van der Waals surface area contributed by atoms with Crippen LogP contribution in [0, 0.1) is 0 Å². The molecule has 4 nitrogen and oxygen atoms in total. The maximum Gasteiger partial charge on any atom is 0.243 e. The van der Waals surface area contributed by atoms with Crippen LogP contribution in [0.5, 0.6) is 0 Å². The molecular weight excluding hydrogens is 228 g/mol. The molecule has 3 rings (SSSR count). The number of piperidine rings is 1. The van der Waals surface area contributed by atoms with Gasteiger partial charge in [0.2, 0.25) is 5.91 Å². The molecule has 0 spiro atoms. The molecule has 102 valence electrons. The first-order chi connectivity index (χ1) is 8.66. The molecule has 1 amide bonds. The molecule has 0 aromatic heterocycles. The molecule has 18 heavy (non-hydrogen) atoms. The molecule has 4 heteroatoms. The summed E-state index contributed by atoms with van der Waals surface area (Å²) < 4.78 is 0. The van der Waals surface area contributed by atoms with Crippen molar-refractivity contribution in [3.05, 3.63) is 0 Å². The fourth-order valence-corrected chi connectivity index (χ4v) is 4.17. The molecule has 3 heterocycles. The Morgan fingerprint density at radius 2 is 2.06 bits per heavy atom. The van der Waals surface area contributed by atoms with Gasteiger partial charge in [0.15, 0.2) is 0 Å². The Balaban J connectivity index is 1.80. The smallest absolute Gasteiger partial charge is 0.243 e. The summed E-state index contributed by atoms with van der Waals surface area (Å²) in [6, 6.07) is 0.578. The second-order valence-electron chi connectivity index (χ2n) is 6.19. The van der Waals surface area contributed by atoms with Gasteiger partial charge < -0.3 is 15.3 Å². The zero-order valence-corrected chi connectivity index (χ0v) is 11.2. The van der Waals surface area contributed by atoms with Crippen LogP contribution in [0.25, 0.3) is 0 Å². The number of carbonyl (C=O) groups excluding carboxylic acids is 1. The molecule has 2 N–H and O–H groups in total. The van der Waals surface area contributed by atoms with Crippen molar-refractivity contribution in [1.29, 1.82) is 0 Å². The normalized spacial score (nSPS) is 43.4. The van der Waals surface area contributed by atoms with E-state index in [9.17, 15) is 9.90 Å². The Labute approximate surface area is 109 Å².